The van der Waals surface area contributed by atoms with Gasteiger partial charge in [0.2, 0.25) is 0 Å². The maximum Gasteiger partial charge on any atom is 0.273 e. The number of carbonyl (C=O) groups is 1. The van der Waals surface area contributed by atoms with Crippen molar-refractivity contribution in [2.75, 3.05) is 0 Å². The van der Waals surface area contributed by atoms with Crippen LogP contribution in [0.1, 0.15) is 28.9 Å². The van der Waals surface area contributed by atoms with E-state index in [1.165, 1.54) is 0 Å². The molecule has 0 saturated heterocycles. The molecule has 1 aromatic heterocycles. The van der Waals surface area contributed by atoms with Crippen LogP contribution in [0.5, 0.6) is 0 Å². The van der Waals surface area contributed by atoms with E-state index < -0.39 is 0 Å². The molecule has 3 rings (SSSR count). The number of aromatic nitrogens is 1. The first-order valence-corrected chi connectivity index (χ1v) is 7.57. The third-order valence-corrected chi connectivity index (χ3v) is 3.91. The van der Waals surface area contributed by atoms with Crippen molar-refractivity contribution in [3.63, 3.8) is 0 Å². The van der Waals surface area contributed by atoms with E-state index in [0.29, 0.717) is 28.5 Å². The summed E-state index contributed by atoms with van der Waals surface area (Å²) in [4.78, 5) is 18.6. The van der Waals surface area contributed by atoms with Gasteiger partial charge in [-0.15, -0.1) is 0 Å². The molecule has 1 fully saturated rings. The second-order valence-electron chi connectivity index (χ2n) is 5.14. The molecule has 1 aliphatic carbocycles. The fraction of sp³-hybridized carbons (Fsp3) is 0.250. The molecule has 2 aromatic rings. The van der Waals surface area contributed by atoms with Gasteiger partial charge in [0, 0.05) is 17.6 Å². The van der Waals surface area contributed by atoms with Crippen LogP contribution in [0.15, 0.2) is 42.5 Å². The van der Waals surface area contributed by atoms with Crippen LogP contribution in [-0.2, 0) is 6.54 Å². The number of amides is 1. The average Bonchev–Trinajstić information content (AvgIpc) is 3.30. The van der Waals surface area contributed by atoms with Crippen molar-refractivity contribution in [1.82, 2.24) is 9.88 Å². The smallest absolute Gasteiger partial charge is 0.273 e. The molecule has 5 heteroatoms. The fourth-order valence-electron chi connectivity index (χ4n) is 2.21. The topological polar surface area (TPSA) is 33.2 Å². The van der Waals surface area contributed by atoms with Crippen molar-refractivity contribution in [3.8, 4) is 0 Å². The third kappa shape index (κ3) is 3.55. The summed E-state index contributed by atoms with van der Waals surface area (Å²) in [6.07, 6.45) is 2.08. The minimum absolute atomic E-state index is 0.0741. The maximum absolute atomic E-state index is 12.6. The molecule has 1 aliphatic rings. The summed E-state index contributed by atoms with van der Waals surface area (Å²) in [6, 6.07) is 13.0. The number of nitrogens with zero attached hydrogens (tertiary/aromatic N) is 2. The Morgan fingerprint density at radius 1 is 1.14 bits per heavy atom. The molecule has 0 bridgehead atoms. The van der Waals surface area contributed by atoms with E-state index in [0.717, 1.165) is 18.4 Å². The predicted molar refractivity (Wildman–Crippen MR) is 83.6 cm³/mol. The van der Waals surface area contributed by atoms with Gasteiger partial charge in [-0.3, -0.25) is 4.79 Å². The summed E-state index contributed by atoms with van der Waals surface area (Å²) < 4.78 is 0. The number of hydrogen-bond donors (Lipinski definition) is 0. The molecule has 1 aromatic carbocycles. The van der Waals surface area contributed by atoms with Gasteiger partial charge in [-0.1, -0.05) is 41.4 Å². The number of hydrogen-bond acceptors (Lipinski definition) is 2. The Labute approximate surface area is 133 Å². The quantitative estimate of drug-likeness (QED) is 0.791. The number of carbonyl (C=O) groups excluding carboxylic acids is 1. The molecule has 1 heterocycles. The molecule has 0 radical (unpaired) electrons. The van der Waals surface area contributed by atoms with Gasteiger partial charge < -0.3 is 4.90 Å². The van der Waals surface area contributed by atoms with Gasteiger partial charge in [0.1, 0.15) is 10.8 Å². The maximum atomic E-state index is 12.6. The molecule has 1 saturated carbocycles. The highest BCUT2D eigenvalue weighted by Gasteiger charge is 2.33. The second kappa shape index (κ2) is 6.04. The van der Waals surface area contributed by atoms with Crippen molar-refractivity contribution >= 4 is 29.1 Å². The van der Waals surface area contributed by atoms with E-state index in [1.807, 2.05) is 29.2 Å². The van der Waals surface area contributed by atoms with Crippen LogP contribution < -0.4 is 0 Å². The van der Waals surface area contributed by atoms with Crippen molar-refractivity contribution in [2.24, 2.45) is 0 Å². The van der Waals surface area contributed by atoms with Crippen LogP contribution >= 0.6 is 23.2 Å². The summed E-state index contributed by atoms with van der Waals surface area (Å²) in [5, 5.41) is 1.03. The zero-order valence-corrected chi connectivity index (χ0v) is 12.8. The summed E-state index contributed by atoms with van der Waals surface area (Å²) in [5.74, 6) is -0.0741. The molecule has 0 atom stereocenters. The van der Waals surface area contributed by atoms with Crippen LogP contribution in [0.25, 0.3) is 0 Å². The third-order valence-electron chi connectivity index (χ3n) is 3.45. The van der Waals surface area contributed by atoms with E-state index in [4.69, 9.17) is 23.2 Å². The summed E-state index contributed by atoms with van der Waals surface area (Å²) in [5.41, 5.74) is 1.45. The van der Waals surface area contributed by atoms with E-state index in [-0.39, 0.29) is 5.91 Å². The molecule has 0 aliphatic heterocycles. The Hall–Kier alpha value is -1.58. The van der Waals surface area contributed by atoms with Crippen molar-refractivity contribution in [3.05, 3.63) is 63.9 Å². The summed E-state index contributed by atoms with van der Waals surface area (Å²) in [6.45, 7) is 0.564. The first-order valence-electron chi connectivity index (χ1n) is 6.81. The summed E-state index contributed by atoms with van der Waals surface area (Å²) in [7, 11) is 0. The molecule has 3 nitrogen and oxygen atoms in total. The van der Waals surface area contributed by atoms with Gasteiger partial charge in [-0.25, -0.2) is 4.98 Å². The highest BCUT2D eigenvalue weighted by atomic mass is 35.5. The van der Waals surface area contributed by atoms with Crippen LogP contribution in [0.3, 0.4) is 0 Å². The zero-order chi connectivity index (χ0) is 14.8. The van der Waals surface area contributed by atoms with Crippen molar-refractivity contribution in [1.29, 1.82) is 0 Å². The molecule has 0 spiro atoms. The average molecular weight is 321 g/mol. The van der Waals surface area contributed by atoms with E-state index >= 15 is 0 Å². The van der Waals surface area contributed by atoms with Crippen molar-refractivity contribution in [2.45, 2.75) is 25.4 Å². The fourth-order valence-corrected chi connectivity index (χ4v) is 2.50. The SMILES string of the molecule is O=C(c1cccc(Cl)n1)N(Cc1ccc(Cl)cc1)C1CC1. The standard InChI is InChI=1S/C16H14Cl2N2O/c17-12-6-4-11(5-7-12)10-20(13-8-9-13)16(21)14-2-1-3-15(18)19-14/h1-7,13H,8-10H2. The number of pyridine rings is 1. The van der Waals surface area contributed by atoms with Gasteiger partial charge in [0.15, 0.2) is 0 Å². The second-order valence-corrected chi connectivity index (χ2v) is 5.96. The molecule has 108 valence electrons. The van der Waals surface area contributed by atoms with Gasteiger partial charge in [0.05, 0.1) is 0 Å². The first-order chi connectivity index (χ1) is 10.1. The zero-order valence-electron chi connectivity index (χ0n) is 11.3. The first kappa shape index (κ1) is 14.4. The predicted octanol–water partition coefficient (Wildman–Crippen LogP) is 4.19. The lowest BCUT2D eigenvalue weighted by molar-refractivity contribution is 0.0724. The minimum Gasteiger partial charge on any atom is -0.330 e. The highest BCUT2D eigenvalue weighted by molar-refractivity contribution is 6.30. The Morgan fingerprint density at radius 2 is 1.86 bits per heavy atom. The Bertz CT molecular complexity index is 654. The Balaban J connectivity index is 1.81. The number of rotatable bonds is 4. The van der Waals surface area contributed by atoms with Gasteiger partial charge in [-0.05, 0) is 42.7 Å². The van der Waals surface area contributed by atoms with Crippen LogP contribution in [-0.4, -0.2) is 21.8 Å². The van der Waals surface area contributed by atoms with E-state index in [9.17, 15) is 4.79 Å². The number of benzene rings is 1. The lowest BCUT2D eigenvalue weighted by Crippen LogP contribution is -2.33. The van der Waals surface area contributed by atoms with Gasteiger partial charge in [-0.2, -0.15) is 0 Å². The highest BCUT2D eigenvalue weighted by Crippen LogP contribution is 2.30. The van der Waals surface area contributed by atoms with Gasteiger partial charge in [0.25, 0.3) is 5.91 Å². The lowest BCUT2D eigenvalue weighted by Gasteiger charge is -2.22. The molecule has 0 N–H and O–H groups in total. The van der Waals surface area contributed by atoms with Crippen LogP contribution in [0.4, 0.5) is 0 Å². The minimum atomic E-state index is -0.0741. The summed E-state index contributed by atoms with van der Waals surface area (Å²) >= 11 is 11.8. The molecular formula is C16H14Cl2N2O. The number of halogens is 2. The Morgan fingerprint density at radius 3 is 2.48 bits per heavy atom. The van der Waals surface area contributed by atoms with E-state index in [1.54, 1.807) is 18.2 Å². The van der Waals surface area contributed by atoms with Crippen LogP contribution in [0, 0.1) is 0 Å². The lowest BCUT2D eigenvalue weighted by atomic mass is 10.2. The van der Waals surface area contributed by atoms with E-state index in [2.05, 4.69) is 4.98 Å². The molecule has 1 amide bonds. The normalized spacial score (nSPS) is 14.0. The molecular weight excluding hydrogens is 307 g/mol. The van der Waals surface area contributed by atoms with Crippen LogP contribution in [0.2, 0.25) is 10.2 Å². The monoisotopic (exact) mass is 320 g/mol. The van der Waals surface area contributed by atoms with Gasteiger partial charge >= 0.3 is 0 Å². The molecule has 21 heavy (non-hydrogen) atoms. The van der Waals surface area contributed by atoms with Crippen molar-refractivity contribution < 1.29 is 4.79 Å². The largest absolute Gasteiger partial charge is 0.330 e. The Kier molecular flexibility index (Phi) is 4.13. The molecule has 0 unspecified atom stereocenters.